The van der Waals surface area contributed by atoms with Crippen LogP contribution in [0.1, 0.15) is 45.9 Å². The van der Waals surface area contributed by atoms with Crippen molar-refractivity contribution in [2.75, 3.05) is 24.5 Å². The SMILES string of the molecule is CCNCc1c(C)nn(C)c1N1CC(C)(C)OC(C)(C)C1. The predicted molar refractivity (Wildman–Crippen MR) is 86.8 cm³/mol. The van der Waals surface area contributed by atoms with E-state index in [1.165, 1.54) is 11.4 Å². The van der Waals surface area contributed by atoms with Crippen molar-refractivity contribution >= 4 is 5.82 Å². The van der Waals surface area contributed by atoms with Crippen LogP contribution in [0.25, 0.3) is 0 Å². The molecule has 2 rings (SSSR count). The number of aromatic nitrogens is 2. The van der Waals surface area contributed by atoms with Gasteiger partial charge in [0.1, 0.15) is 5.82 Å². The van der Waals surface area contributed by atoms with Gasteiger partial charge < -0.3 is 15.0 Å². The van der Waals surface area contributed by atoms with Crippen molar-refractivity contribution < 1.29 is 4.74 Å². The van der Waals surface area contributed by atoms with E-state index in [2.05, 4.69) is 56.9 Å². The van der Waals surface area contributed by atoms with Crippen molar-refractivity contribution in [3.8, 4) is 0 Å². The zero-order valence-electron chi connectivity index (χ0n) is 14.6. The zero-order chi connectivity index (χ0) is 15.8. The highest BCUT2D eigenvalue weighted by molar-refractivity contribution is 5.51. The molecule has 0 unspecified atom stereocenters. The molecule has 120 valence electrons. The molecule has 0 bridgehead atoms. The smallest absolute Gasteiger partial charge is 0.131 e. The molecule has 0 saturated carbocycles. The van der Waals surface area contributed by atoms with E-state index < -0.39 is 0 Å². The van der Waals surface area contributed by atoms with E-state index in [1.54, 1.807) is 0 Å². The zero-order valence-corrected chi connectivity index (χ0v) is 14.6. The number of nitrogens with zero attached hydrogens (tertiary/aromatic N) is 3. The maximum absolute atomic E-state index is 6.19. The summed E-state index contributed by atoms with van der Waals surface area (Å²) in [7, 11) is 2.03. The molecule has 0 amide bonds. The van der Waals surface area contributed by atoms with Crippen LogP contribution < -0.4 is 10.2 Å². The molecule has 0 spiro atoms. The van der Waals surface area contributed by atoms with Crippen LogP contribution in [0.5, 0.6) is 0 Å². The van der Waals surface area contributed by atoms with Gasteiger partial charge >= 0.3 is 0 Å². The minimum Gasteiger partial charge on any atom is -0.366 e. The summed E-state index contributed by atoms with van der Waals surface area (Å²) in [5.41, 5.74) is 2.09. The number of morpholine rings is 1. The van der Waals surface area contributed by atoms with E-state index >= 15 is 0 Å². The van der Waals surface area contributed by atoms with Crippen LogP contribution in [0.15, 0.2) is 0 Å². The van der Waals surface area contributed by atoms with Crippen LogP contribution in [0, 0.1) is 6.92 Å². The third kappa shape index (κ3) is 3.58. The van der Waals surface area contributed by atoms with Gasteiger partial charge in [-0.05, 0) is 41.2 Å². The molecule has 1 aromatic rings. The highest BCUT2D eigenvalue weighted by Gasteiger charge is 2.39. The molecule has 1 saturated heterocycles. The Morgan fingerprint density at radius 3 is 2.29 bits per heavy atom. The van der Waals surface area contributed by atoms with Crippen molar-refractivity contribution in [2.24, 2.45) is 7.05 Å². The normalized spacial score (nSPS) is 20.8. The summed E-state index contributed by atoms with van der Waals surface area (Å²) in [6, 6.07) is 0. The van der Waals surface area contributed by atoms with E-state index in [0.29, 0.717) is 0 Å². The van der Waals surface area contributed by atoms with Gasteiger partial charge in [0.25, 0.3) is 0 Å². The van der Waals surface area contributed by atoms with Crippen molar-refractivity contribution in [3.63, 3.8) is 0 Å². The first-order chi connectivity index (χ1) is 9.65. The number of aryl methyl sites for hydroxylation is 2. The van der Waals surface area contributed by atoms with Gasteiger partial charge in [0, 0.05) is 32.2 Å². The quantitative estimate of drug-likeness (QED) is 0.925. The van der Waals surface area contributed by atoms with Gasteiger partial charge in [-0.1, -0.05) is 6.92 Å². The minimum absolute atomic E-state index is 0.157. The van der Waals surface area contributed by atoms with Gasteiger partial charge in [-0.3, -0.25) is 4.68 Å². The maximum Gasteiger partial charge on any atom is 0.131 e. The Balaban J connectivity index is 2.36. The van der Waals surface area contributed by atoms with Gasteiger partial charge in [-0.15, -0.1) is 0 Å². The molecular formula is C16H30N4O. The molecule has 1 N–H and O–H groups in total. The van der Waals surface area contributed by atoms with E-state index in [-0.39, 0.29) is 11.2 Å². The Hall–Kier alpha value is -1.07. The molecule has 0 atom stereocenters. The van der Waals surface area contributed by atoms with Crippen molar-refractivity contribution in [3.05, 3.63) is 11.3 Å². The van der Waals surface area contributed by atoms with Crippen LogP contribution in [0.4, 0.5) is 5.82 Å². The molecule has 2 heterocycles. The fourth-order valence-corrected chi connectivity index (χ4v) is 3.48. The number of rotatable bonds is 4. The molecule has 1 aliphatic rings. The molecule has 5 nitrogen and oxygen atoms in total. The first-order valence-corrected chi connectivity index (χ1v) is 7.83. The Morgan fingerprint density at radius 1 is 1.19 bits per heavy atom. The molecule has 0 aromatic carbocycles. The Bertz CT molecular complexity index is 489. The lowest BCUT2D eigenvalue weighted by atomic mass is 9.98. The first-order valence-electron chi connectivity index (χ1n) is 7.83. The molecule has 1 aromatic heterocycles. The molecule has 1 fully saturated rings. The molecular weight excluding hydrogens is 264 g/mol. The lowest BCUT2D eigenvalue weighted by Crippen LogP contribution is -2.57. The van der Waals surface area contributed by atoms with Crippen molar-refractivity contribution in [1.82, 2.24) is 15.1 Å². The molecule has 21 heavy (non-hydrogen) atoms. The number of ether oxygens (including phenoxy) is 1. The number of hydrogen-bond donors (Lipinski definition) is 1. The van der Waals surface area contributed by atoms with Gasteiger partial charge in [0.2, 0.25) is 0 Å². The monoisotopic (exact) mass is 294 g/mol. The summed E-state index contributed by atoms with van der Waals surface area (Å²) in [6.07, 6.45) is 0. The standard InChI is InChI=1S/C16H30N4O/c1-8-17-9-13-12(2)18-19(7)14(13)20-10-15(3,4)21-16(5,6)11-20/h17H,8-11H2,1-7H3. The molecule has 5 heteroatoms. The highest BCUT2D eigenvalue weighted by atomic mass is 16.5. The van der Waals surface area contributed by atoms with Crippen LogP contribution in [-0.4, -0.2) is 40.6 Å². The van der Waals surface area contributed by atoms with E-state index in [0.717, 1.165) is 31.9 Å². The summed E-state index contributed by atoms with van der Waals surface area (Å²) in [4.78, 5) is 2.43. The first kappa shape index (κ1) is 16.3. The predicted octanol–water partition coefficient (Wildman–Crippen LogP) is 2.23. The fourth-order valence-electron chi connectivity index (χ4n) is 3.48. The van der Waals surface area contributed by atoms with Gasteiger partial charge in [0.15, 0.2) is 0 Å². The van der Waals surface area contributed by atoms with Crippen LogP contribution in [0.3, 0.4) is 0 Å². The topological polar surface area (TPSA) is 42.3 Å². The molecule has 0 radical (unpaired) electrons. The number of anilines is 1. The van der Waals surface area contributed by atoms with Gasteiger partial charge in [-0.25, -0.2) is 0 Å². The van der Waals surface area contributed by atoms with E-state index in [9.17, 15) is 0 Å². The number of hydrogen-bond acceptors (Lipinski definition) is 4. The second kappa shape index (κ2) is 5.61. The van der Waals surface area contributed by atoms with Crippen LogP contribution >= 0.6 is 0 Å². The van der Waals surface area contributed by atoms with Crippen LogP contribution in [-0.2, 0) is 18.3 Å². The van der Waals surface area contributed by atoms with Gasteiger partial charge in [0.05, 0.1) is 16.9 Å². The maximum atomic E-state index is 6.19. The summed E-state index contributed by atoms with van der Waals surface area (Å²) in [5, 5.41) is 8.06. The second-order valence-corrected chi connectivity index (χ2v) is 7.27. The summed E-state index contributed by atoms with van der Waals surface area (Å²) in [5.74, 6) is 1.22. The van der Waals surface area contributed by atoms with Crippen molar-refractivity contribution in [1.29, 1.82) is 0 Å². The summed E-state index contributed by atoms with van der Waals surface area (Å²) >= 11 is 0. The summed E-state index contributed by atoms with van der Waals surface area (Å²) in [6.45, 7) is 16.5. The van der Waals surface area contributed by atoms with Crippen molar-refractivity contribution in [2.45, 2.75) is 59.3 Å². The fraction of sp³-hybridized carbons (Fsp3) is 0.812. The lowest BCUT2D eigenvalue weighted by Gasteiger charge is -2.48. The second-order valence-electron chi connectivity index (χ2n) is 7.27. The van der Waals surface area contributed by atoms with Crippen LogP contribution in [0.2, 0.25) is 0 Å². The number of nitrogens with one attached hydrogen (secondary N) is 1. The average Bonchev–Trinajstić information content (AvgIpc) is 2.57. The van der Waals surface area contributed by atoms with E-state index in [1.807, 2.05) is 11.7 Å². The molecule has 0 aliphatic carbocycles. The minimum atomic E-state index is -0.157. The molecule has 1 aliphatic heterocycles. The Kier molecular flexibility index (Phi) is 4.36. The average molecular weight is 294 g/mol. The third-order valence-corrected chi connectivity index (χ3v) is 3.86. The van der Waals surface area contributed by atoms with E-state index in [4.69, 9.17) is 4.74 Å². The summed E-state index contributed by atoms with van der Waals surface area (Å²) < 4.78 is 8.21. The lowest BCUT2D eigenvalue weighted by molar-refractivity contribution is -0.133. The Labute approximate surface area is 128 Å². The highest BCUT2D eigenvalue weighted by Crippen LogP contribution is 2.33. The Morgan fingerprint density at radius 2 is 1.76 bits per heavy atom. The van der Waals surface area contributed by atoms with Gasteiger partial charge in [-0.2, -0.15) is 5.10 Å². The third-order valence-electron chi connectivity index (χ3n) is 3.86. The largest absolute Gasteiger partial charge is 0.366 e.